The summed E-state index contributed by atoms with van der Waals surface area (Å²) >= 11 is 1.36. The van der Waals surface area contributed by atoms with Crippen molar-refractivity contribution in [2.45, 2.75) is 6.92 Å². The number of aromatic nitrogens is 2. The van der Waals surface area contributed by atoms with E-state index in [-0.39, 0.29) is 58.2 Å². The molecule has 0 unspecified atom stereocenters. The van der Waals surface area contributed by atoms with Crippen LogP contribution in [0.4, 0.5) is 0 Å². The van der Waals surface area contributed by atoms with Crippen molar-refractivity contribution in [3.05, 3.63) is 11.3 Å². The molecule has 0 aromatic carbocycles. The zero-order chi connectivity index (χ0) is 4.41. The fraction of sp³-hybridized carbons (Fsp3) is 0.333. The van der Waals surface area contributed by atoms with E-state index in [4.69, 9.17) is 0 Å². The van der Waals surface area contributed by atoms with Gasteiger partial charge in [0.2, 0.25) is 0 Å². The number of hydrogen-bond acceptors (Lipinski definition) is 3. The van der Waals surface area contributed by atoms with E-state index in [0.29, 0.717) is 0 Å². The van der Waals surface area contributed by atoms with Gasteiger partial charge in [-0.25, -0.2) is 0 Å². The quantitative estimate of drug-likeness (QED) is 0.422. The maximum atomic E-state index is 3.70. The SMILES string of the molecule is Cc1n[c-]ns1.[Rb+]. The Hall–Kier alpha value is 1.37. The van der Waals surface area contributed by atoms with E-state index < -0.39 is 0 Å². The standard InChI is InChI=1S/C3H3N2S.Rb/c1-3-4-2-5-6-3;/h1H3;/q-1;+1. The maximum Gasteiger partial charge on any atom is 1.00 e. The molecule has 1 rings (SSSR count). The predicted octanol–water partition coefficient (Wildman–Crippen LogP) is -2.35. The maximum absolute atomic E-state index is 3.70. The summed E-state index contributed by atoms with van der Waals surface area (Å²) in [6.45, 7) is 1.90. The molecule has 0 radical (unpaired) electrons. The molecule has 2 nitrogen and oxygen atoms in total. The third-order valence-corrected chi connectivity index (χ3v) is 0.954. The van der Waals surface area contributed by atoms with E-state index in [1.807, 2.05) is 6.92 Å². The summed E-state index contributed by atoms with van der Waals surface area (Å²) in [5, 5.41) is 0.968. The van der Waals surface area contributed by atoms with Crippen LogP contribution in [0.2, 0.25) is 0 Å². The van der Waals surface area contributed by atoms with Crippen LogP contribution in [-0.4, -0.2) is 9.36 Å². The number of hydrogen-bond donors (Lipinski definition) is 0. The number of nitrogens with zero attached hydrogens (tertiary/aromatic N) is 2. The van der Waals surface area contributed by atoms with E-state index in [9.17, 15) is 0 Å². The largest absolute Gasteiger partial charge is 1.00 e. The van der Waals surface area contributed by atoms with Crippen LogP contribution in [0.1, 0.15) is 5.01 Å². The van der Waals surface area contributed by atoms with Gasteiger partial charge >= 0.3 is 58.2 Å². The molecule has 0 saturated heterocycles. The summed E-state index contributed by atoms with van der Waals surface area (Å²) in [4.78, 5) is 3.70. The summed E-state index contributed by atoms with van der Waals surface area (Å²) in [5.74, 6) is 0. The Morgan fingerprint density at radius 1 is 1.71 bits per heavy atom. The van der Waals surface area contributed by atoms with Gasteiger partial charge in [-0.2, -0.15) is 0 Å². The normalized spacial score (nSPS) is 7.57. The van der Waals surface area contributed by atoms with E-state index in [0.717, 1.165) is 5.01 Å². The molecular weight excluding hydrogens is 182 g/mol. The van der Waals surface area contributed by atoms with Crippen LogP contribution in [-0.2, 0) is 0 Å². The van der Waals surface area contributed by atoms with E-state index >= 15 is 0 Å². The smallest absolute Gasteiger partial charge is 0.424 e. The van der Waals surface area contributed by atoms with Gasteiger partial charge in [-0.15, -0.1) is 11.5 Å². The van der Waals surface area contributed by atoms with Crippen molar-refractivity contribution in [2.24, 2.45) is 0 Å². The summed E-state index contributed by atoms with van der Waals surface area (Å²) in [5.41, 5.74) is 0. The average molecular weight is 185 g/mol. The van der Waals surface area contributed by atoms with Crippen LogP contribution < -0.4 is 58.2 Å². The first-order chi connectivity index (χ1) is 2.89. The molecule has 1 aromatic rings. The summed E-state index contributed by atoms with van der Waals surface area (Å²) < 4.78 is 3.63. The van der Waals surface area contributed by atoms with Crippen LogP contribution >= 0.6 is 11.5 Å². The zero-order valence-corrected chi connectivity index (χ0v) is 10.0. The van der Waals surface area contributed by atoms with Gasteiger partial charge in [0.05, 0.1) is 0 Å². The molecule has 0 amide bonds. The van der Waals surface area contributed by atoms with Crippen LogP contribution in [0.15, 0.2) is 0 Å². The van der Waals surface area contributed by atoms with Crippen molar-refractivity contribution in [1.82, 2.24) is 9.36 Å². The van der Waals surface area contributed by atoms with Gasteiger partial charge in [0.15, 0.2) is 0 Å². The molecule has 0 atom stereocenters. The number of rotatable bonds is 0. The second-order valence-electron chi connectivity index (χ2n) is 0.913. The molecule has 0 aliphatic heterocycles. The molecule has 0 fully saturated rings. The first-order valence-electron chi connectivity index (χ1n) is 1.56. The van der Waals surface area contributed by atoms with Crippen LogP contribution in [0, 0.1) is 13.3 Å². The Labute approximate surface area is 95.3 Å². The minimum absolute atomic E-state index is 0. The van der Waals surface area contributed by atoms with Gasteiger partial charge in [-0.1, -0.05) is 6.92 Å². The average Bonchev–Trinajstić information content (AvgIpc) is 1.86. The van der Waals surface area contributed by atoms with Gasteiger partial charge in [0.1, 0.15) is 0 Å². The van der Waals surface area contributed by atoms with Gasteiger partial charge < -0.3 is 9.36 Å². The summed E-state index contributed by atoms with van der Waals surface area (Å²) in [6.07, 6.45) is 2.45. The molecule has 32 valence electrons. The molecule has 1 heterocycles. The Morgan fingerprint density at radius 2 is 2.43 bits per heavy atom. The van der Waals surface area contributed by atoms with Gasteiger partial charge in [-0.05, 0) is 11.3 Å². The zero-order valence-electron chi connectivity index (χ0n) is 4.30. The van der Waals surface area contributed by atoms with E-state index in [2.05, 4.69) is 15.7 Å². The molecule has 0 aliphatic carbocycles. The van der Waals surface area contributed by atoms with E-state index in [1.165, 1.54) is 11.5 Å². The van der Waals surface area contributed by atoms with Gasteiger partial charge in [-0.3, -0.25) is 0 Å². The molecule has 0 saturated carbocycles. The summed E-state index contributed by atoms with van der Waals surface area (Å²) in [6, 6.07) is 0. The molecular formula is C3H3N2RbS. The van der Waals surface area contributed by atoms with E-state index in [1.54, 1.807) is 0 Å². The molecule has 0 aliphatic rings. The van der Waals surface area contributed by atoms with Crippen LogP contribution in [0.5, 0.6) is 0 Å². The predicted molar refractivity (Wildman–Crippen MR) is 23.5 cm³/mol. The second kappa shape index (κ2) is 4.26. The van der Waals surface area contributed by atoms with Crippen molar-refractivity contribution in [1.29, 1.82) is 0 Å². The molecule has 0 bridgehead atoms. The molecule has 0 N–H and O–H groups in total. The van der Waals surface area contributed by atoms with Crippen LogP contribution in [0.25, 0.3) is 0 Å². The Morgan fingerprint density at radius 3 is 2.57 bits per heavy atom. The second-order valence-corrected chi connectivity index (χ2v) is 1.87. The molecule has 4 heteroatoms. The first kappa shape index (κ1) is 8.37. The third-order valence-electron chi connectivity index (χ3n) is 0.426. The molecule has 0 spiro atoms. The third kappa shape index (κ3) is 3.03. The topological polar surface area (TPSA) is 25.8 Å². The Balaban J connectivity index is 0.000000360. The van der Waals surface area contributed by atoms with Crippen LogP contribution in [0.3, 0.4) is 0 Å². The minimum atomic E-state index is 0. The van der Waals surface area contributed by atoms with Crippen molar-refractivity contribution in [3.8, 4) is 0 Å². The van der Waals surface area contributed by atoms with Crippen molar-refractivity contribution >= 4 is 11.5 Å². The first-order valence-corrected chi connectivity index (χ1v) is 2.33. The minimum Gasteiger partial charge on any atom is -0.424 e. The Bertz CT molecular complexity index is 116. The monoisotopic (exact) mass is 184 g/mol. The van der Waals surface area contributed by atoms with Crippen molar-refractivity contribution < 1.29 is 58.2 Å². The number of aryl methyl sites for hydroxylation is 1. The van der Waals surface area contributed by atoms with Gasteiger partial charge in [0.25, 0.3) is 0 Å². The van der Waals surface area contributed by atoms with Gasteiger partial charge in [0, 0.05) is 0 Å². The fourth-order valence-corrected chi connectivity index (χ4v) is 0.493. The van der Waals surface area contributed by atoms with Crippen molar-refractivity contribution in [3.63, 3.8) is 0 Å². The Kier molecular flexibility index (Phi) is 5.10. The fourth-order valence-electron chi connectivity index (χ4n) is 0.198. The summed E-state index contributed by atoms with van der Waals surface area (Å²) in [7, 11) is 0. The molecule has 1 aromatic heterocycles. The molecule has 7 heavy (non-hydrogen) atoms. The van der Waals surface area contributed by atoms with Crippen molar-refractivity contribution in [2.75, 3.05) is 0 Å².